The van der Waals surface area contributed by atoms with E-state index < -0.39 is 0 Å². The standard InChI is InChI=1S/C25H24ClN3O2/c26-22-12-6-7-13-23(22)27-24(30)18-28-14-16-29(17-15-28)25(31)21-11-5-4-10-20(21)19-8-2-1-3-9-19/h1-13H,14-18H2,(H,27,30). The zero-order valence-corrected chi connectivity index (χ0v) is 17.9. The molecule has 4 rings (SSSR count). The van der Waals surface area contributed by atoms with Crippen LogP contribution in [0.5, 0.6) is 0 Å². The summed E-state index contributed by atoms with van der Waals surface area (Å²) < 4.78 is 0. The van der Waals surface area contributed by atoms with E-state index in [1.807, 2.05) is 71.6 Å². The summed E-state index contributed by atoms with van der Waals surface area (Å²) in [6.45, 7) is 2.74. The van der Waals surface area contributed by atoms with Gasteiger partial charge in [0.15, 0.2) is 0 Å². The largest absolute Gasteiger partial charge is 0.336 e. The maximum atomic E-state index is 13.2. The topological polar surface area (TPSA) is 52.7 Å². The molecule has 1 aliphatic rings. The smallest absolute Gasteiger partial charge is 0.254 e. The van der Waals surface area contributed by atoms with Crippen LogP contribution in [0.15, 0.2) is 78.9 Å². The van der Waals surface area contributed by atoms with Crippen LogP contribution in [-0.2, 0) is 4.79 Å². The third kappa shape index (κ3) is 5.13. The Labute approximate surface area is 187 Å². The average Bonchev–Trinajstić information content (AvgIpc) is 2.81. The van der Waals surface area contributed by atoms with E-state index in [2.05, 4.69) is 10.2 Å². The molecule has 0 radical (unpaired) electrons. The first-order chi connectivity index (χ1) is 15.1. The molecular weight excluding hydrogens is 410 g/mol. The highest BCUT2D eigenvalue weighted by Crippen LogP contribution is 2.25. The van der Waals surface area contributed by atoms with E-state index in [-0.39, 0.29) is 18.4 Å². The molecule has 5 nitrogen and oxygen atoms in total. The van der Waals surface area contributed by atoms with Gasteiger partial charge in [0.05, 0.1) is 17.3 Å². The van der Waals surface area contributed by atoms with E-state index in [4.69, 9.17) is 11.6 Å². The minimum absolute atomic E-state index is 0.0274. The molecule has 0 unspecified atom stereocenters. The van der Waals surface area contributed by atoms with Crippen molar-refractivity contribution >= 4 is 29.1 Å². The number of anilines is 1. The molecule has 1 saturated heterocycles. The second-order valence-electron chi connectivity index (χ2n) is 7.51. The van der Waals surface area contributed by atoms with Crippen molar-refractivity contribution in [3.05, 3.63) is 89.4 Å². The average molecular weight is 434 g/mol. The van der Waals surface area contributed by atoms with Crippen LogP contribution in [0.2, 0.25) is 5.02 Å². The van der Waals surface area contributed by atoms with Crippen molar-refractivity contribution in [2.75, 3.05) is 38.0 Å². The minimum Gasteiger partial charge on any atom is -0.336 e. The molecule has 1 fully saturated rings. The lowest BCUT2D eigenvalue weighted by atomic mass is 9.98. The van der Waals surface area contributed by atoms with E-state index in [0.29, 0.717) is 42.5 Å². The summed E-state index contributed by atoms with van der Waals surface area (Å²) in [5, 5.41) is 3.37. The number of benzene rings is 3. The monoisotopic (exact) mass is 433 g/mol. The number of para-hydroxylation sites is 1. The molecule has 2 amide bonds. The molecule has 31 heavy (non-hydrogen) atoms. The molecule has 0 bridgehead atoms. The Morgan fingerprint density at radius 1 is 0.806 bits per heavy atom. The summed E-state index contributed by atoms with van der Waals surface area (Å²) in [5.41, 5.74) is 3.29. The van der Waals surface area contributed by atoms with Crippen LogP contribution in [0, 0.1) is 0 Å². The number of carbonyl (C=O) groups is 2. The van der Waals surface area contributed by atoms with Gasteiger partial charge < -0.3 is 10.2 Å². The van der Waals surface area contributed by atoms with E-state index >= 15 is 0 Å². The van der Waals surface area contributed by atoms with Crippen molar-refractivity contribution in [3.63, 3.8) is 0 Å². The zero-order valence-electron chi connectivity index (χ0n) is 17.1. The zero-order chi connectivity index (χ0) is 21.6. The first-order valence-electron chi connectivity index (χ1n) is 10.3. The van der Waals surface area contributed by atoms with Gasteiger partial charge in [-0.05, 0) is 29.3 Å². The van der Waals surface area contributed by atoms with E-state index in [1.54, 1.807) is 12.1 Å². The highest BCUT2D eigenvalue weighted by molar-refractivity contribution is 6.33. The van der Waals surface area contributed by atoms with Gasteiger partial charge in [0.1, 0.15) is 0 Å². The van der Waals surface area contributed by atoms with Crippen molar-refractivity contribution in [1.82, 2.24) is 9.80 Å². The van der Waals surface area contributed by atoms with Crippen molar-refractivity contribution in [2.45, 2.75) is 0 Å². The SMILES string of the molecule is O=C(CN1CCN(C(=O)c2ccccc2-c2ccccc2)CC1)Nc1ccccc1Cl. The number of halogens is 1. The van der Waals surface area contributed by atoms with Gasteiger partial charge in [-0.1, -0.05) is 72.3 Å². The fourth-order valence-electron chi connectivity index (χ4n) is 3.77. The third-order valence-corrected chi connectivity index (χ3v) is 5.75. The predicted octanol–water partition coefficient (Wildman–Crippen LogP) is 4.40. The van der Waals surface area contributed by atoms with Gasteiger partial charge in [0, 0.05) is 31.7 Å². The van der Waals surface area contributed by atoms with Gasteiger partial charge in [-0.25, -0.2) is 0 Å². The first-order valence-corrected chi connectivity index (χ1v) is 10.7. The molecule has 1 heterocycles. The number of hydrogen-bond acceptors (Lipinski definition) is 3. The van der Waals surface area contributed by atoms with Gasteiger partial charge in [-0.2, -0.15) is 0 Å². The molecule has 3 aromatic rings. The van der Waals surface area contributed by atoms with Gasteiger partial charge in [0.25, 0.3) is 5.91 Å². The molecule has 6 heteroatoms. The number of piperazine rings is 1. The number of carbonyl (C=O) groups excluding carboxylic acids is 2. The fourth-order valence-corrected chi connectivity index (χ4v) is 3.96. The minimum atomic E-state index is -0.109. The number of amides is 2. The third-order valence-electron chi connectivity index (χ3n) is 5.42. The summed E-state index contributed by atoms with van der Waals surface area (Å²) in [6, 6.07) is 24.8. The Balaban J connectivity index is 1.36. The van der Waals surface area contributed by atoms with Gasteiger partial charge in [0.2, 0.25) is 5.91 Å². The summed E-state index contributed by atoms with van der Waals surface area (Å²) in [4.78, 5) is 29.5. The Morgan fingerprint density at radius 2 is 1.45 bits per heavy atom. The molecule has 0 aromatic heterocycles. The molecule has 0 spiro atoms. The van der Waals surface area contributed by atoms with Crippen LogP contribution in [0.4, 0.5) is 5.69 Å². The maximum Gasteiger partial charge on any atom is 0.254 e. The molecule has 0 saturated carbocycles. The van der Waals surface area contributed by atoms with Crippen LogP contribution in [-0.4, -0.2) is 54.3 Å². The van der Waals surface area contributed by atoms with E-state index in [1.165, 1.54) is 0 Å². The molecule has 0 aliphatic carbocycles. The highest BCUT2D eigenvalue weighted by atomic mass is 35.5. The van der Waals surface area contributed by atoms with Crippen molar-refractivity contribution in [1.29, 1.82) is 0 Å². The molecule has 3 aromatic carbocycles. The van der Waals surface area contributed by atoms with Crippen molar-refractivity contribution in [3.8, 4) is 11.1 Å². The second kappa shape index (κ2) is 9.77. The number of hydrogen-bond donors (Lipinski definition) is 1. The van der Waals surface area contributed by atoms with Crippen LogP contribution >= 0.6 is 11.6 Å². The van der Waals surface area contributed by atoms with Crippen molar-refractivity contribution < 1.29 is 9.59 Å². The van der Waals surface area contributed by atoms with Crippen molar-refractivity contribution in [2.24, 2.45) is 0 Å². The summed E-state index contributed by atoms with van der Waals surface area (Å²) in [7, 11) is 0. The first kappa shape index (κ1) is 21.1. The molecule has 158 valence electrons. The number of nitrogens with one attached hydrogen (secondary N) is 1. The molecule has 1 aliphatic heterocycles. The normalized spacial score (nSPS) is 14.3. The van der Waals surface area contributed by atoms with E-state index in [0.717, 1.165) is 11.1 Å². The molecule has 0 atom stereocenters. The van der Waals surface area contributed by atoms with Crippen LogP contribution in [0.3, 0.4) is 0 Å². The Hall–Kier alpha value is -3.15. The number of nitrogens with zero attached hydrogens (tertiary/aromatic N) is 2. The lowest BCUT2D eigenvalue weighted by Gasteiger charge is -2.34. The Kier molecular flexibility index (Phi) is 6.65. The van der Waals surface area contributed by atoms with Gasteiger partial charge >= 0.3 is 0 Å². The summed E-state index contributed by atoms with van der Waals surface area (Å²) in [5.74, 6) is -0.0816. The lowest BCUT2D eigenvalue weighted by molar-refractivity contribution is -0.117. The number of rotatable bonds is 5. The predicted molar refractivity (Wildman–Crippen MR) is 124 cm³/mol. The van der Waals surface area contributed by atoms with E-state index in [9.17, 15) is 9.59 Å². The quantitative estimate of drug-likeness (QED) is 0.648. The Bertz CT molecular complexity index is 1060. The lowest BCUT2D eigenvalue weighted by Crippen LogP contribution is -2.50. The summed E-state index contributed by atoms with van der Waals surface area (Å²) in [6.07, 6.45) is 0. The molecule has 1 N–H and O–H groups in total. The molecular formula is C25H24ClN3O2. The van der Waals surface area contributed by atoms with Crippen LogP contribution < -0.4 is 5.32 Å². The van der Waals surface area contributed by atoms with Gasteiger partial charge in [-0.15, -0.1) is 0 Å². The van der Waals surface area contributed by atoms with Crippen LogP contribution in [0.1, 0.15) is 10.4 Å². The second-order valence-corrected chi connectivity index (χ2v) is 7.92. The maximum absolute atomic E-state index is 13.2. The summed E-state index contributed by atoms with van der Waals surface area (Å²) >= 11 is 6.11. The Morgan fingerprint density at radius 3 is 2.19 bits per heavy atom. The fraction of sp³-hybridized carbons (Fsp3) is 0.200. The van der Waals surface area contributed by atoms with Crippen LogP contribution in [0.25, 0.3) is 11.1 Å². The highest BCUT2D eigenvalue weighted by Gasteiger charge is 2.25. The van der Waals surface area contributed by atoms with Gasteiger partial charge in [-0.3, -0.25) is 14.5 Å².